The Hall–Kier alpha value is -1.64. The molecule has 1 fully saturated rings. The van der Waals surface area contributed by atoms with Crippen molar-refractivity contribution in [2.75, 3.05) is 59.1 Å². The van der Waals surface area contributed by atoms with Crippen LogP contribution in [0.15, 0.2) is 30.3 Å². The van der Waals surface area contributed by atoms with Gasteiger partial charge in [0.05, 0.1) is 6.26 Å². The van der Waals surface area contributed by atoms with Crippen molar-refractivity contribution in [1.29, 1.82) is 0 Å². The van der Waals surface area contributed by atoms with Crippen molar-refractivity contribution in [3.05, 3.63) is 35.9 Å². The van der Waals surface area contributed by atoms with Crippen molar-refractivity contribution in [1.82, 2.24) is 19.4 Å². The molecule has 0 atom stereocenters. The summed E-state index contributed by atoms with van der Waals surface area (Å²) in [7, 11) is -1.69. The van der Waals surface area contributed by atoms with Crippen LogP contribution >= 0.6 is 0 Å². The highest BCUT2D eigenvalue weighted by Gasteiger charge is 2.21. The van der Waals surface area contributed by atoms with Crippen molar-refractivity contribution in [2.24, 2.45) is 0 Å². The molecule has 2 rings (SSSR count). The summed E-state index contributed by atoms with van der Waals surface area (Å²) in [5.41, 5.74) is 1.33. The maximum Gasteiger partial charge on any atom is 0.317 e. The van der Waals surface area contributed by atoms with E-state index in [4.69, 9.17) is 0 Å². The minimum absolute atomic E-state index is 0.121. The van der Waals surface area contributed by atoms with Gasteiger partial charge in [-0.2, -0.15) is 0 Å². The number of rotatable bonds is 7. The van der Waals surface area contributed by atoms with Gasteiger partial charge in [-0.25, -0.2) is 17.5 Å². The number of sulfonamides is 1. The van der Waals surface area contributed by atoms with E-state index >= 15 is 0 Å². The number of nitrogens with zero attached hydrogens (tertiary/aromatic N) is 3. The van der Waals surface area contributed by atoms with Gasteiger partial charge >= 0.3 is 6.03 Å². The van der Waals surface area contributed by atoms with Crippen molar-refractivity contribution in [3.63, 3.8) is 0 Å². The van der Waals surface area contributed by atoms with E-state index in [1.165, 1.54) is 16.9 Å². The third kappa shape index (κ3) is 6.64. The van der Waals surface area contributed by atoms with Crippen LogP contribution < -0.4 is 5.32 Å². The Bertz CT molecular complexity index is 643. The third-order valence-corrected chi connectivity index (χ3v) is 5.80. The van der Waals surface area contributed by atoms with E-state index in [0.717, 1.165) is 32.3 Å². The van der Waals surface area contributed by atoms with Crippen LogP contribution in [0.5, 0.6) is 0 Å². The van der Waals surface area contributed by atoms with Gasteiger partial charge in [-0.05, 0) is 12.0 Å². The molecule has 140 valence electrons. The normalized spacial score (nSPS) is 16.2. The highest BCUT2D eigenvalue weighted by molar-refractivity contribution is 7.88. The predicted octanol–water partition coefficient (Wildman–Crippen LogP) is 0.448. The molecule has 8 heteroatoms. The molecule has 0 saturated carbocycles. The monoisotopic (exact) mass is 368 g/mol. The zero-order valence-corrected chi connectivity index (χ0v) is 15.8. The smallest absolute Gasteiger partial charge is 0.317 e. The van der Waals surface area contributed by atoms with E-state index in [9.17, 15) is 13.2 Å². The molecule has 0 radical (unpaired) electrons. The van der Waals surface area contributed by atoms with Gasteiger partial charge in [0.25, 0.3) is 0 Å². The first kappa shape index (κ1) is 19.7. The Morgan fingerprint density at radius 1 is 1.16 bits per heavy atom. The number of carbonyl (C=O) groups excluding carboxylic acids is 1. The van der Waals surface area contributed by atoms with Gasteiger partial charge in [-0.3, -0.25) is 4.90 Å². The second-order valence-electron chi connectivity index (χ2n) is 6.38. The Kier molecular flexibility index (Phi) is 7.22. The maximum absolute atomic E-state index is 12.1. The molecule has 1 aromatic rings. The molecule has 1 saturated heterocycles. The van der Waals surface area contributed by atoms with Crippen LogP contribution in [0.1, 0.15) is 5.56 Å². The molecule has 0 unspecified atom stereocenters. The van der Waals surface area contributed by atoms with E-state index in [0.29, 0.717) is 19.6 Å². The SMILES string of the molecule is CN(CCNC(=O)N1CCN(CCc2ccccc2)CC1)S(C)(=O)=O. The van der Waals surface area contributed by atoms with Crippen molar-refractivity contribution in [3.8, 4) is 0 Å². The first-order valence-corrected chi connectivity index (χ1v) is 10.4. The quantitative estimate of drug-likeness (QED) is 0.758. The molecule has 0 aromatic heterocycles. The van der Waals surface area contributed by atoms with E-state index in [2.05, 4.69) is 34.5 Å². The summed E-state index contributed by atoms with van der Waals surface area (Å²) < 4.78 is 23.8. The van der Waals surface area contributed by atoms with Gasteiger partial charge in [-0.15, -0.1) is 0 Å². The van der Waals surface area contributed by atoms with Gasteiger partial charge in [-0.1, -0.05) is 30.3 Å². The molecular formula is C17H28N4O3S. The molecule has 1 heterocycles. The molecule has 1 aliphatic rings. The first-order valence-electron chi connectivity index (χ1n) is 8.56. The van der Waals surface area contributed by atoms with Crippen molar-refractivity contribution >= 4 is 16.1 Å². The van der Waals surface area contributed by atoms with Crippen LogP contribution in [-0.4, -0.2) is 87.7 Å². The standard InChI is InChI=1S/C17H28N4O3S/c1-19(25(2,23)24)11-9-18-17(22)21-14-12-20(13-15-21)10-8-16-6-4-3-5-7-16/h3-7H,8-15H2,1-2H3,(H,18,22). The minimum atomic E-state index is -3.20. The molecule has 1 N–H and O–H groups in total. The molecule has 2 amide bonds. The lowest BCUT2D eigenvalue weighted by Crippen LogP contribution is -2.52. The van der Waals surface area contributed by atoms with E-state index < -0.39 is 10.0 Å². The fourth-order valence-corrected chi connectivity index (χ4v) is 3.13. The molecule has 0 bridgehead atoms. The third-order valence-electron chi connectivity index (χ3n) is 4.49. The Labute approximate surface area is 150 Å². The zero-order chi connectivity index (χ0) is 18.3. The van der Waals surface area contributed by atoms with Crippen LogP contribution in [0, 0.1) is 0 Å². The van der Waals surface area contributed by atoms with E-state index in [-0.39, 0.29) is 12.6 Å². The lowest BCUT2D eigenvalue weighted by atomic mass is 10.1. The number of hydrogen-bond acceptors (Lipinski definition) is 4. The highest BCUT2D eigenvalue weighted by atomic mass is 32.2. The molecule has 1 aliphatic heterocycles. The van der Waals surface area contributed by atoms with Crippen LogP contribution in [0.2, 0.25) is 0 Å². The summed E-state index contributed by atoms with van der Waals surface area (Å²) in [4.78, 5) is 16.3. The molecule has 7 nitrogen and oxygen atoms in total. The number of benzene rings is 1. The second-order valence-corrected chi connectivity index (χ2v) is 8.47. The van der Waals surface area contributed by atoms with Crippen molar-refractivity contribution in [2.45, 2.75) is 6.42 Å². The van der Waals surface area contributed by atoms with Crippen molar-refractivity contribution < 1.29 is 13.2 Å². The summed E-state index contributed by atoms with van der Waals surface area (Å²) in [5, 5.41) is 2.79. The topological polar surface area (TPSA) is 73.0 Å². The van der Waals surface area contributed by atoms with Gasteiger partial charge < -0.3 is 10.2 Å². The lowest BCUT2D eigenvalue weighted by molar-refractivity contribution is 0.140. The molecule has 1 aromatic carbocycles. The Balaban J connectivity index is 1.64. The summed E-state index contributed by atoms with van der Waals surface area (Å²) in [6, 6.07) is 10.3. The molecule has 0 aliphatic carbocycles. The molecule has 0 spiro atoms. The fourth-order valence-electron chi connectivity index (χ4n) is 2.70. The van der Waals surface area contributed by atoms with Gasteiger partial charge in [0.1, 0.15) is 0 Å². The van der Waals surface area contributed by atoms with Crippen LogP contribution in [0.3, 0.4) is 0 Å². The van der Waals surface area contributed by atoms with E-state index in [1.54, 1.807) is 4.90 Å². The second kappa shape index (κ2) is 9.17. The average Bonchev–Trinajstić information content (AvgIpc) is 2.60. The number of piperazine rings is 1. The maximum atomic E-state index is 12.1. The van der Waals surface area contributed by atoms with Gasteiger partial charge in [0.2, 0.25) is 10.0 Å². The molecule has 25 heavy (non-hydrogen) atoms. The number of amides is 2. The Morgan fingerprint density at radius 2 is 1.80 bits per heavy atom. The minimum Gasteiger partial charge on any atom is -0.337 e. The van der Waals surface area contributed by atoms with Crippen LogP contribution in [-0.2, 0) is 16.4 Å². The zero-order valence-electron chi connectivity index (χ0n) is 15.0. The number of urea groups is 1. The highest BCUT2D eigenvalue weighted by Crippen LogP contribution is 2.05. The predicted molar refractivity (Wildman–Crippen MR) is 99.0 cm³/mol. The number of nitrogens with one attached hydrogen (secondary N) is 1. The number of hydrogen-bond donors (Lipinski definition) is 1. The van der Waals surface area contributed by atoms with E-state index in [1.807, 2.05) is 6.07 Å². The summed E-state index contributed by atoms with van der Waals surface area (Å²) in [6.07, 6.45) is 2.17. The van der Waals surface area contributed by atoms with Gasteiger partial charge in [0.15, 0.2) is 0 Å². The first-order chi connectivity index (χ1) is 11.9. The number of likely N-dealkylation sites (N-methyl/N-ethyl adjacent to an activating group) is 1. The summed E-state index contributed by atoms with van der Waals surface area (Å²) in [6.45, 7) is 4.72. The van der Waals surface area contributed by atoms with Crippen LogP contribution in [0.4, 0.5) is 4.79 Å². The lowest BCUT2D eigenvalue weighted by Gasteiger charge is -2.34. The largest absolute Gasteiger partial charge is 0.337 e. The van der Waals surface area contributed by atoms with Gasteiger partial charge in [0, 0.05) is 52.9 Å². The summed E-state index contributed by atoms with van der Waals surface area (Å²) >= 11 is 0. The van der Waals surface area contributed by atoms with Crippen LogP contribution in [0.25, 0.3) is 0 Å². The fraction of sp³-hybridized carbons (Fsp3) is 0.588. The summed E-state index contributed by atoms with van der Waals surface area (Å²) in [5.74, 6) is 0. The molecular weight excluding hydrogens is 340 g/mol. The average molecular weight is 369 g/mol. The Morgan fingerprint density at radius 3 is 2.40 bits per heavy atom. The number of carbonyl (C=O) groups is 1.